The molecule has 2 rings (SSSR count). The summed E-state index contributed by atoms with van der Waals surface area (Å²) in [4.78, 5) is 0. The van der Waals surface area contributed by atoms with Gasteiger partial charge in [-0.05, 0) is 30.5 Å². The highest BCUT2D eigenvalue weighted by atomic mass is 19.1. The lowest BCUT2D eigenvalue weighted by Gasteiger charge is -2.33. The number of fused-ring (bicyclic) bond motifs is 1. The summed E-state index contributed by atoms with van der Waals surface area (Å²) >= 11 is 0. The fourth-order valence-corrected chi connectivity index (χ4v) is 2.43. The molecule has 0 saturated carbocycles. The minimum absolute atomic E-state index is 0.0305. The van der Waals surface area contributed by atoms with Gasteiger partial charge in [-0.15, -0.1) is 0 Å². The second-order valence-corrected chi connectivity index (χ2v) is 4.86. The van der Waals surface area contributed by atoms with E-state index in [1.165, 1.54) is 12.1 Å². The molecular weight excluding hydrogens is 219 g/mol. The third kappa shape index (κ3) is 2.60. The van der Waals surface area contributed by atoms with Crippen LogP contribution in [-0.4, -0.2) is 11.2 Å². The first kappa shape index (κ1) is 12.4. The Morgan fingerprint density at radius 3 is 3.00 bits per heavy atom. The average Bonchev–Trinajstić information content (AvgIpc) is 2.30. The summed E-state index contributed by atoms with van der Waals surface area (Å²) in [6.07, 6.45) is 2.15. The van der Waals surface area contributed by atoms with E-state index in [1.54, 1.807) is 6.07 Å². The van der Waals surface area contributed by atoms with Crippen LogP contribution in [0, 0.1) is 11.7 Å². The zero-order valence-electron chi connectivity index (χ0n) is 10.3. The average molecular weight is 238 g/mol. The van der Waals surface area contributed by atoms with E-state index < -0.39 is 6.10 Å². The Labute approximate surface area is 101 Å². The van der Waals surface area contributed by atoms with Gasteiger partial charge in [-0.1, -0.05) is 20.3 Å². The summed E-state index contributed by atoms with van der Waals surface area (Å²) in [6, 6.07) is 4.35. The summed E-state index contributed by atoms with van der Waals surface area (Å²) in [5.74, 6) is 0.706. The molecule has 2 unspecified atom stereocenters. The van der Waals surface area contributed by atoms with Crippen molar-refractivity contribution in [3.8, 4) is 5.75 Å². The maximum atomic E-state index is 13.1. The molecular formula is C14H19FO2. The molecule has 0 radical (unpaired) electrons. The highest BCUT2D eigenvalue weighted by Gasteiger charge is 2.30. The molecule has 0 aliphatic carbocycles. The van der Waals surface area contributed by atoms with Crippen LogP contribution in [0.4, 0.5) is 4.39 Å². The minimum Gasteiger partial charge on any atom is -0.490 e. The summed E-state index contributed by atoms with van der Waals surface area (Å²) in [7, 11) is 0. The molecule has 0 amide bonds. The van der Waals surface area contributed by atoms with Crippen LogP contribution in [0.5, 0.6) is 5.75 Å². The normalized spacial score (nSPS) is 24.9. The topological polar surface area (TPSA) is 29.5 Å². The SMILES string of the molecule is CCCC(C)C1C[C@@H](O)c2cc(F)ccc2O1. The van der Waals surface area contributed by atoms with Crippen molar-refractivity contribution < 1.29 is 14.2 Å². The van der Waals surface area contributed by atoms with Crippen LogP contribution in [0.2, 0.25) is 0 Å². The Morgan fingerprint density at radius 1 is 1.53 bits per heavy atom. The quantitative estimate of drug-likeness (QED) is 0.874. The van der Waals surface area contributed by atoms with Gasteiger partial charge in [-0.2, -0.15) is 0 Å². The van der Waals surface area contributed by atoms with Crippen LogP contribution in [0.3, 0.4) is 0 Å². The number of halogens is 1. The van der Waals surface area contributed by atoms with E-state index in [0.29, 0.717) is 23.7 Å². The van der Waals surface area contributed by atoms with Crippen molar-refractivity contribution in [2.45, 2.75) is 45.3 Å². The molecule has 1 aromatic carbocycles. The van der Waals surface area contributed by atoms with Gasteiger partial charge in [0.15, 0.2) is 0 Å². The molecule has 1 heterocycles. The van der Waals surface area contributed by atoms with E-state index in [2.05, 4.69) is 13.8 Å². The van der Waals surface area contributed by atoms with Gasteiger partial charge in [0, 0.05) is 12.0 Å². The Morgan fingerprint density at radius 2 is 2.29 bits per heavy atom. The lowest BCUT2D eigenvalue weighted by Crippen LogP contribution is -2.31. The largest absolute Gasteiger partial charge is 0.490 e. The predicted octanol–water partition coefficient (Wildman–Crippen LogP) is 3.45. The number of ether oxygens (including phenoxy) is 1. The first-order valence-electron chi connectivity index (χ1n) is 6.26. The molecule has 94 valence electrons. The molecule has 0 saturated heterocycles. The summed E-state index contributed by atoms with van der Waals surface area (Å²) in [5, 5.41) is 10.0. The summed E-state index contributed by atoms with van der Waals surface area (Å²) < 4.78 is 18.9. The van der Waals surface area contributed by atoms with Crippen molar-refractivity contribution >= 4 is 0 Å². The third-order valence-electron chi connectivity index (χ3n) is 3.44. The van der Waals surface area contributed by atoms with Gasteiger partial charge >= 0.3 is 0 Å². The molecule has 1 aliphatic heterocycles. The van der Waals surface area contributed by atoms with Crippen molar-refractivity contribution in [3.05, 3.63) is 29.6 Å². The van der Waals surface area contributed by atoms with Crippen LogP contribution in [0.25, 0.3) is 0 Å². The molecule has 1 aliphatic rings. The van der Waals surface area contributed by atoms with Crippen LogP contribution < -0.4 is 4.74 Å². The van der Waals surface area contributed by atoms with E-state index in [4.69, 9.17) is 4.74 Å². The molecule has 1 aromatic rings. The van der Waals surface area contributed by atoms with Gasteiger partial charge in [-0.25, -0.2) is 4.39 Å². The monoisotopic (exact) mass is 238 g/mol. The van der Waals surface area contributed by atoms with Gasteiger partial charge in [0.2, 0.25) is 0 Å². The Hall–Kier alpha value is -1.09. The van der Waals surface area contributed by atoms with E-state index >= 15 is 0 Å². The number of hydrogen-bond acceptors (Lipinski definition) is 2. The number of aliphatic hydroxyl groups excluding tert-OH is 1. The molecule has 3 heteroatoms. The van der Waals surface area contributed by atoms with Crippen molar-refractivity contribution in [2.24, 2.45) is 5.92 Å². The highest BCUT2D eigenvalue weighted by molar-refractivity contribution is 5.37. The van der Waals surface area contributed by atoms with Crippen molar-refractivity contribution in [1.29, 1.82) is 0 Å². The number of rotatable bonds is 3. The summed E-state index contributed by atoms with van der Waals surface area (Å²) in [6.45, 7) is 4.27. The Kier molecular flexibility index (Phi) is 3.67. The predicted molar refractivity (Wildman–Crippen MR) is 64.5 cm³/mol. The smallest absolute Gasteiger partial charge is 0.125 e. The molecule has 0 aromatic heterocycles. The Bertz CT molecular complexity index is 392. The van der Waals surface area contributed by atoms with Gasteiger partial charge in [0.25, 0.3) is 0 Å². The highest BCUT2D eigenvalue weighted by Crippen LogP contribution is 2.37. The number of hydrogen-bond donors (Lipinski definition) is 1. The maximum absolute atomic E-state index is 13.1. The lowest BCUT2D eigenvalue weighted by molar-refractivity contribution is 0.0358. The van der Waals surface area contributed by atoms with E-state index in [9.17, 15) is 9.50 Å². The van der Waals surface area contributed by atoms with Crippen LogP contribution >= 0.6 is 0 Å². The summed E-state index contributed by atoms with van der Waals surface area (Å²) in [5.41, 5.74) is 0.574. The first-order valence-corrected chi connectivity index (χ1v) is 6.26. The van der Waals surface area contributed by atoms with E-state index in [1.807, 2.05) is 0 Å². The lowest BCUT2D eigenvalue weighted by atomic mass is 9.90. The minimum atomic E-state index is -0.612. The molecule has 0 bridgehead atoms. The molecule has 0 spiro atoms. The van der Waals surface area contributed by atoms with Crippen LogP contribution in [0.1, 0.15) is 44.8 Å². The second kappa shape index (κ2) is 5.05. The van der Waals surface area contributed by atoms with E-state index in [0.717, 1.165) is 12.8 Å². The van der Waals surface area contributed by atoms with Crippen molar-refractivity contribution in [2.75, 3.05) is 0 Å². The maximum Gasteiger partial charge on any atom is 0.125 e. The van der Waals surface area contributed by atoms with Gasteiger partial charge < -0.3 is 9.84 Å². The molecule has 3 atom stereocenters. The molecule has 2 nitrogen and oxygen atoms in total. The van der Waals surface area contributed by atoms with Crippen LogP contribution in [-0.2, 0) is 0 Å². The van der Waals surface area contributed by atoms with E-state index in [-0.39, 0.29) is 11.9 Å². The zero-order valence-corrected chi connectivity index (χ0v) is 10.3. The third-order valence-corrected chi connectivity index (χ3v) is 3.44. The fourth-order valence-electron chi connectivity index (χ4n) is 2.43. The van der Waals surface area contributed by atoms with Crippen molar-refractivity contribution in [1.82, 2.24) is 0 Å². The van der Waals surface area contributed by atoms with Gasteiger partial charge in [0.1, 0.15) is 17.7 Å². The first-order chi connectivity index (χ1) is 8.11. The second-order valence-electron chi connectivity index (χ2n) is 4.86. The van der Waals surface area contributed by atoms with Crippen molar-refractivity contribution in [3.63, 3.8) is 0 Å². The van der Waals surface area contributed by atoms with Crippen LogP contribution in [0.15, 0.2) is 18.2 Å². The molecule has 0 fully saturated rings. The molecule has 17 heavy (non-hydrogen) atoms. The zero-order chi connectivity index (χ0) is 12.4. The van der Waals surface area contributed by atoms with Gasteiger partial charge in [-0.3, -0.25) is 0 Å². The standard InChI is InChI=1S/C14H19FO2/c1-3-4-9(2)14-8-12(16)11-7-10(15)5-6-13(11)17-14/h5-7,9,12,14,16H,3-4,8H2,1-2H3/t9?,12-,14?/m1/s1. The van der Waals surface area contributed by atoms with Gasteiger partial charge in [0.05, 0.1) is 6.10 Å². The number of aliphatic hydroxyl groups is 1. The fraction of sp³-hybridized carbons (Fsp3) is 0.571. The number of benzene rings is 1. The molecule has 1 N–H and O–H groups in total. The Balaban J connectivity index is 2.18.